The summed E-state index contributed by atoms with van der Waals surface area (Å²) >= 11 is 0. The Bertz CT molecular complexity index is 238. The Kier molecular flexibility index (Phi) is 5.63. The molecular weight excluding hydrogens is 212 g/mol. The maximum atomic E-state index is 10.8. The van der Waals surface area contributed by atoms with Gasteiger partial charge in [-0.1, -0.05) is 12.8 Å². The van der Waals surface area contributed by atoms with Crippen LogP contribution in [-0.2, 0) is 10.8 Å². The highest BCUT2D eigenvalue weighted by molar-refractivity contribution is 7.84. The number of nitrogens with zero attached hydrogens (tertiary/aromatic N) is 1. The Morgan fingerprint density at radius 1 is 1.53 bits per heavy atom. The first-order valence-corrected chi connectivity index (χ1v) is 7.02. The third kappa shape index (κ3) is 5.13. The molecule has 0 amide bonds. The summed E-state index contributed by atoms with van der Waals surface area (Å²) in [6, 6.07) is 0.493. The van der Waals surface area contributed by atoms with Crippen LogP contribution in [0, 0.1) is 0 Å². The molecule has 0 aromatic heterocycles. The first-order chi connectivity index (χ1) is 7.22. The van der Waals surface area contributed by atoms with E-state index < -0.39 is 10.8 Å². The van der Waals surface area contributed by atoms with E-state index in [1.54, 1.807) is 6.26 Å². The average Bonchev–Trinajstić information content (AvgIpc) is 2.68. The average molecular weight is 232 g/mol. The Morgan fingerprint density at radius 3 is 2.73 bits per heavy atom. The van der Waals surface area contributed by atoms with Crippen LogP contribution in [-0.4, -0.2) is 34.8 Å². The summed E-state index contributed by atoms with van der Waals surface area (Å²) in [5.74, 6) is 6.55. The molecule has 0 heterocycles. The van der Waals surface area contributed by atoms with Crippen LogP contribution >= 0.6 is 0 Å². The highest BCUT2D eigenvalue weighted by atomic mass is 32.2. The zero-order chi connectivity index (χ0) is 11.1. The lowest BCUT2D eigenvalue weighted by atomic mass is 10.2. The second-order valence-corrected chi connectivity index (χ2v) is 5.33. The van der Waals surface area contributed by atoms with Gasteiger partial charge in [0.2, 0.25) is 5.96 Å². The first kappa shape index (κ1) is 12.4. The standard InChI is InChI=1S/C9H20N4OS/c1-15(14)7-6-11-9(13-10)12-8-4-2-3-5-8/h8H,2-7,10H2,1H3,(H2,11,12,13). The first-order valence-electron chi connectivity index (χ1n) is 5.30. The van der Waals surface area contributed by atoms with Crippen molar-refractivity contribution < 1.29 is 4.21 Å². The summed E-state index contributed by atoms with van der Waals surface area (Å²) in [4.78, 5) is 4.22. The van der Waals surface area contributed by atoms with Crippen molar-refractivity contribution >= 4 is 16.8 Å². The molecule has 0 aromatic rings. The van der Waals surface area contributed by atoms with Gasteiger partial charge >= 0.3 is 0 Å². The molecule has 1 unspecified atom stereocenters. The molecule has 0 aliphatic heterocycles. The molecular formula is C9H20N4OS. The SMILES string of the molecule is CS(=O)CCN=C(NN)NC1CCCC1. The Morgan fingerprint density at radius 2 is 2.20 bits per heavy atom. The number of hydrogen-bond acceptors (Lipinski definition) is 3. The number of aliphatic imine (C=N–C) groups is 1. The Hall–Kier alpha value is -0.620. The molecule has 1 fully saturated rings. The highest BCUT2D eigenvalue weighted by Crippen LogP contribution is 2.17. The summed E-state index contributed by atoms with van der Waals surface area (Å²) in [7, 11) is -0.791. The molecule has 0 bridgehead atoms. The van der Waals surface area contributed by atoms with Gasteiger partial charge in [-0.05, 0) is 12.8 Å². The molecule has 1 aliphatic rings. The van der Waals surface area contributed by atoms with Crippen LogP contribution in [0.25, 0.3) is 0 Å². The second kappa shape index (κ2) is 6.79. The quantitative estimate of drug-likeness (QED) is 0.269. The van der Waals surface area contributed by atoms with Crippen LogP contribution in [0.1, 0.15) is 25.7 Å². The van der Waals surface area contributed by atoms with Gasteiger partial charge in [-0.2, -0.15) is 0 Å². The van der Waals surface area contributed by atoms with Crippen molar-refractivity contribution in [2.24, 2.45) is 10.8 Å². The summed E-state index contributed by atoms with van der Waals surface area (Å²) in [6.45, 7) is 0.544. The van der Waals surface area contributed by atoms with Gasteiger partial charge in [-0.25, -0.2) is 5.84 Å². The monoisotopic (exact) mass is 232 g/mol. The van der Waals surface area contributed by atoms with Crippen LogP contribution in [0.4, 0.5) is 0 Å². The number of hydrogen-bond donors (Lipinski definition) is 3. The fraction of sp³-hybridized carbons (Fsp3) is 0.889. The van der Waals surface area contributed by atoms with Gasteiger partial charge in [0.15, 0.2) is 0 Å². The number of nitrogens with one attached hydrogen (secondary N) is 2. The van der Waals surface area contributed by atoms with Crippen LogP contribution in [0.5, 0.6) is 0 Å². The minimum Gasteiger partial charge on any atom is -0.353 e. The van der Waals surface area contributed by atoms with Gasteiger partial charge in [0.1, 0.15) is 0 Å². The number of guanidine groups is 1. The third-order valence-corrected chi connectivity index (χ3v) is 3.24. The normalized spacial score (nSPS) is 20.3. The van der Waals surface area contributed by atoms with Crippen molar-refractivity contribution in [2.45, 2.75) is 31.7 Å². The van der Waals surface area contributed by atoms with Crippen LogP contribution in [0.2, 0.25) is 0 Å². The lowest BCUT2D eigenvalue weighted by Crippen LogP contribution is -2.45. The van der Waals surface area contributed by atoms with Crippen LogP contribution in [0.15, 0.2) is 4.99 Å². The molecule has 1 atom stereocenters. The molecule has 0 saturated heterocycles. The van der Waals surface area contributed by atoms with E-state index in [4.69, 9.17) is 5.84 Å². The second-order valence-electron chi connectivity index (χ2n) is 3.78. The van der Waals surface area contributed by atoms with Gasteiger partial charge in [0, 0.05) is 28.9 Å². The van der Waals surface area contributed by atoms with Crippen molar-refractivity contribution in [3.8, 4) is 0 Å². The molecule has 0 aromatic carbocycles. The zero-order valence-electron chi connectivity index (χ0n) is 9.16. The maximum absolute atomic E-state index is 10.8. The fourth-order valence-corrected chi connectivity index (χ4v) is 2.03. The van der Waals surface area contributed by atoms with Crippen LogP contribution < -0.4 is 16.6 Å². The molecule has 1 rings (SSSR count). The van der Waals surface area contributed by atoms with E-state index in [2.05, 4.69) is 15.7 Å². The van der Waals surface area contributed by atoms with Gasteiger partial charge in [0.25, 0.3) is 0 Å². The van der Waals surface area contributed by atoms with Gasteiger partial charge in [0.05, 0.1) is 6.54 Å². The summed E-state index contributed by atoms with van der Waals surface area (Å²) in [5.41, 5.74) is 2.54. The van der Waals surface area contributed by atoms with Crippen molar-refractivity contribution in [1.29, 1.82) is 0 Å². The molecule has 1 aliphatic carbocycles. The Labute approximate surface area is 93.3 Å². The van der Waals surface area contributed by atoms with Crippen molar-refractivity contribution in [3.05, 3.63) is 0 Å². The van der Waals surface area contributed by atoms with Crippen molar-refractivity contribution in [1.82, 2.24) is 10.7 Å². The number of hydrazine groups is 1. The zero-order valence-corrected chi connectivity index (χ0v) is 9.98. The minimum absolute atomic E-state index is 0.493. The van der Waals surface area contributed by atoms with Gasteiger partial charge < -0.3 is 5.32 Å². The molecule has 5 nitrogen and oxygen atoms in total. The lowest BCUT2D eigenvalue weighted by Gasteiger charge is -2.14. The van der Waals surface area contributed by atoms with E-state index in [1.807, 2.05) is 0 Å². The molecule has 88 valence electrons. The predicted molar refractivity (Wildman–Crippen MR) is 64.0 cm³/mol. The van der Waals surface area contributed by atoms with Crippen molar-refractivity contribution in [3.63, 3.8) is 0 Å². The van der Waals surface area contributed by atoms with Gasteiger partial charge in [-0.15, -0.1) is 0 Å². The molecule has 4 N–H and O–H groups in total. The van der Waals surface area contributed by atoms with E-state index in [0.29, 0.717) is 24.3 Å². The maximum Gasteiger partial charge on any atom is 0.205 e. The summed E-state index contributed by atoms with van der Waals surface area (Å²) in [5, 5.41) is 3.25. The van der Waals surface area contributed by atoms with E-state index >= 15 is 0 Å². The molecule has 6 heteroatoms. The number of nitrogens with two attached hydrogens (primary N) is 1. The minimum atomic E-state index is -0.791. The topological polar surface area (TPSA) is 79.5 Å². The Balaban J connectivity index is 2.29. The van der Waals surface area contributed by atoms with E-state index in [0.717, 1.165) is 0 Å². The highest BCUT2D eigenvalue weighted by Gasteiger charge is 2.15. The largest absolute Gasteiger partial charge is 0.353 e. The lowest BCUT2D eigenvalue weighted by molar-refractivity contribution is 0.615. The van der Waals surface area contributed by atoms with E-state index in [1.165, 1.54) is 25.7 Å². The number of rotatable bonds is 4. The molecule has 1 saturated carbocycles. The molecule has 0 radical (unpaired) electrons. The summed E-state index contributed by atoms with van der Waals surface area (Å²) < 4.78 is 10.8. The van der Waals surface area contributed by atoms with Crippen molar-refractivity contribution in [2.75, 3.05) is 18.6 Å². The van der Waals surface area contributed by atoms with Gasteiger partial charge in [-0.3, -0.25) is 14.6 Å². The fourth-order valence-electron chi connectivity index (χ4n) is 1.68. The summed E-state index contributed by atoms with van der Waals surface area (Å²) in [6.07, 6.45) is 6.58. The van der Waals surface area contributed by atoms with E-state index in [-0.39, 0.29) is 0 Å². The van der Waals surface area contributed by atoms with E-state index in [9.17, 15) is 4.21 Å². The predicted octanol–water partition coefficient (Wildman–Crippen LogP) is -0.284. The molecule has 15 heavy (non-hydrogen) atoms. The smallest absolute Gasteiger partial charge is 0.205 e. The van der Waals surface area contributed by atoms with Crippen LogP contribution in [0.3, 0.4) is 0 Å². The molecule has 0 spiro atoms. The third-order valence-electron chi connectivity index (χ3n) is 2.48.